The van der Waals surface area contributed by atoms with Gasteiger partial charge in [0.2, 0.25) is 0 Å². The second-order valence-electron chi connectivity index (χ2n) is 5.21. The van der Waals surface area contributed by atoms with Crippen molar-refractivity contribution in [3.05, 3.63) is 0 Å². The third kappa shape index (κ3) is 3.18. The molecule has 0 spiro atoms. The van der Waals surface area contributed by atoms with Crippen LogP contribution in [0.3, 0.4) is 0 Å². The molecule has 0 aromatic carbocycles. The lowest BCUT2D eigenvalue weighted by atomic mass is 9.97. The Morgan fingerprint density at radius 3 is 3.00 bits per heavy atom. The topological polar surface area (TPSA) is 15.3 Å². The molecule has 1 N–H and O–H groups in total. The molecular weight excluding hydrogens is 184 g/mol. The summed E-state index contributed by atoms with van der Waals surface area (Å²) < 4.78 is 0. The smallest absolute Gasteiger partial charge is 0.0111 e. The number of unbranched alkanes of at least 4 members (excludes halogenated alkanes) is 2. The number of hydrogen-bond donors (Lipinski definition) is 1. The standard InChI is InChI=1S/C13H26N2/c1-2-3-4-8-14-12-7-10-15-9-5-6-13(15)11-12/h12-14H,2-11H2,1H3. The van der Waals surface area contributed by atoms with Crippen LogP contribution in [0, 0.1) is 0 Å². The van der Waals surface area contributed by atoms with Crippen LogP contribution in [-0.2, 0) is 0 Å². The number of nitrogens with one attached hydrogen (secondary N) is 1. The first-order valence-electron chi connectivity index (χ1n) is 6.87. The van der Waals surface area contributed by atoms with Crippen molar-refractivity contribution in [2.75, 3.05) is 19.6 Å². The lowest BCUT2D eigenvalue weighted by Crippen LogP contribution is -2.45. The van der Waals surface area contributed by atoms with E-state index in [1.54, 1.807) is 0 Å². The SMILES string of the molecule is CCCCCNC1CCN2CCCC2C1. The van der Waals surface area contributed by atoms with Crippen molar-refractivity contribution < 1.29 is 0 Å². The van der Waals surface area contributed by atoms with Crippen LogP contribution in [0.25, 0.3) is 0 Å². The molecule has 2 aliphatic heterocycles. The highest BCUT2D eigenvalue weighted by Crippen LogP contribution is 2.26. The van der Waals surface area contributed by atoms with Gasteiger partial charge in [0.25, 0.3) is 0 Å². The molecule has 2 nitrogen and oxygen atoms in total. The summed E-state index contributed by atoms with van der Waals surface area (Å²) in [6, 6.07) is 1.74. The first-order valence-corrected chi connectivity index (χ1v) is 6.87. The van der Waals surface area contributed by atoms with Crippen molar-refractivity contribution in [3.8, 4) is 0 Å². The van der Waals surface area contributed by atoms with E-state index < -0.39 is 0 Å². The molecule has 2 fully saturated rings. The Labute approximate surface area is 94.4 Å². The third-order valence-corrected chi connectivity index (χ3v) is 4.03. The van der Waals surface area contributed by atoms with Crippen LogP contribution in [0.5, 0.6) is 0 Å². The van der Waals surface area contributed by atoms with Crippen LogP contribution in [0.15, 0.2) is 0 Å². The molecule has 0 aliphatic carbocycles. The number of nitrogens with zero attached hydrogens (tertiary/aromatic N) is 1. The van der Waals surface area contributed by atoms with Crippen molar-refractivity contribution >= 4 is 0 Å². The summed E-state index contributed by atoms with van der Waals surface area (Å²) in [4.78, 5) is 2.70. The zero-order valence-corrected chi connectivity index (χ0v) is 10.2. The average molecular weight is 210 g/mol. The van der Waals surface area contributed by atoms with Crippen LogP contribution in [0.4, 0.5) is 0 Å². The van der Waals surface area contributed by atoms with Gasteiger partial charge in [-0.1, -0.05) is 19.8 Å². The summed E-state index contributed by atoms with van der Waals surface area (Å²) in [5.41, 5.74) is 0. The summed E-state index contributed by atoms with van der Waals surface area (Å²) >= 11 is 0. The minimum atomic E-state index is 0.821. The van der Waals surface area contributed by atoms with Crippen LogP contribution >= 0.6 is 0 Å². The van der Waals surface area contributed by atoms with E-state index in [2.05, 4.69) is 17.1 Å². The number of hydrogen-bond acceptors (Lipinski definition) is 2. The summed E-state index contributed by atoms with van der Waals surface area (Å²) in [5.74, 6) is 0. The van der Waals surface area contributed by atoms with Gasteiger partial charge in [-0.3, -0.25) is 0 Å². The first kappa shape index (κ1) is 11.4. The lowest BCUT2D eigenvalue weighted by Gasteiger charge is -2.35. The van der Waals surface area contributed by atoms with Crippen molar-refractivity contribution in [3.63, 3.8) is 0 Å². The molecule has 2 aliphatic rings. The van der Waals surface area contributed by atoms with Crippen molar-refractivity contribution in [1.29, 1.82) is 0 Å². The molecule has 2 rings (SSSR count). The minimum Gasteiger partial charge on any atom is -0.314 e. The van der Waals surface area contributed by atoms with Gasteiger partial charge in [-0.25, -0.2) is 0 Å². The molecule has 2 heterocycles. The van der Waals surface area contributed by atoms with E-state index in [0.717, 1.165) is 12.1 Å². The molecule has 15 heavy (non-hydrogen) atoms. The Balaban J connectivity index is 1.62. The van der Waals surface area contributed by atoms with Gasteiger partial charge in [0.05, 0.1) is 0 Å². The molecular formula is C13H26N2. The Morgan fingerprint density at radius 1 is 1.20 bits per heavy atom. The van der Waals surface area contributed by atoms with Gasteiger partial charge >= 0.3 is 0 Å². The maximum Gasteiger partial charge on any atom is 0.0111 e. The number of piperidine rings is 1. The van der Waals surface area contributed by atoms with Gasteiger partial charge < -0.3 is 10.2 Å². The molecule has 0 bridgehead atoms. The minimum absolute atomic E-state index is 0.821. The maximum atomic E-state index is 3.74. The molecule has 0 aromatic rings. The van der Waals surface area contributed by atoms with Gasteiger partial charge in [0, 0.05) is 12.1 Å². The van der Waals surface area contributed by atoms with Crippen molar-refractivity contribution in [1.82, 2.24) is 10.2 Å². The Bertz CT molecular complexity index is 181. The fraction of sp³-hybridized carbons (Fsp3) is 1.00. The molecule has 0 amide bonds. The summed E-state index contributed by atoms with van der Waals surface area (Å²) in [6.07, 6.45) is 9.76. The maximum absolute atomic E-state index is 3.74. The van der Waals surface area contributed by atoms with E-state index in [-0.39, 0.29) is 0 Å². The largest absolute Gasteiger partial charge is 0.314 e. The number of rotatable bonds is 5. The highest BCUT2D eigenvalue weighted by Gasteiger charge is 2.30. The summed E-state index contributed by atoms with van der Waals surface area (Å²) in [7, 11) is 0. The molecule has 2 atom stereocenters. The first-order chi connectivity index (χ1) is 7.40. The van der Waals surface area contributed by atoms with Crippen LogP contribution < -0.4 is 5.32 Å². The quantitative estimate of drug-likeness (QED) is 0.701. The van der Waals surface area contributed by atoms with E-state index in [4.69, 9.17) is 0 Å². The van der Waals surface area contributed by atoms with Gasteiger partial charge in [0.1, 0.15) is 0 Å². The fourth-order valence-electron chi connectivity index (χ4n) is 3.09. The molecule has 2 unspecified atom stereocenters. The van der Waals surface area contributed by atoms with Gasteiger partial charge in [-0.2, -0.15) is 0 Å². The Kier molecular flexibility index (Phi) is 4.45. The molecule has 2 heteroatoms. The molecule has 0 radical (unpaired) electrons. The van der Waals surface area contributed by atoms with Gasteiger partial charge in [-0.15, -0.1) is 0 Å². The van der Waals surface area contributed by atoms with Gasteiger partial charge in [0.15, 0.2) is 0 Å². The van der Waals surface area contributed by atoms with Crippen LogP contribution in [0.2, 0.25) is 0 Å². The Morgan fingerprint density at radius 2 is 2.13 bits per heavy atom. The number of fused-ring (bicyclic) bond motifs is 1. The average Bonchev–Trinajstić information content (AvgIpc) is 2.71. The molecule has 0 aromatic heterocycles. The molecule has 2 saturated heterocycles. The van der Waals surface area contributed by atoms with Crippen LogP contribution in [-0.4, -0.2) is 36.6 Å². The zero-order valence-electron chi connectivity index (χ0n) is 10.2. The third-order valence-electron chi connectivity index (χ3n) is 4.03. The summed E-state index contributed by atoms with van der Waals surface area (Å²) in [5, 5.41) is 3.74. The zero-order chi connectivity index (χ0) is 10.5. The van der Waals surface area contributed by atoms with Gasteiger partial charge in [-0.05, 0) is 51.7 Å². The molecule has 0 saturated carbocycles. The van der Waals surface area contributed by atoms with Crippen molar-refractivity contribution in [2.45, 2.75) is 64.0 Å². The summed E-state index contributed by atoms with van der Waals surface area (Å²) in [6.45, 7) is 6.23. The van der Waals surface area contributed by atoms with Crippen molar-refractivity contribution in [2.24, 2.45) is 0 Å². The predicted octanol–water partition coefficient (Wildman–Crippen LogP) is 2.39. The van der Waals surface area contributed by atoms with E-state index in [1.165, 1.54) is 64.6 Å². The second-order valence-corrected chi connectivity index (χ2v) is 5.21. The fourth-order valence-corrected chi connectivity index (χ4v) is 3.09. The normalized spacial score (nSPS) is 31.8. The highest BCUT2D eigenvalue weighted by atomic mass is 15.2. The predicted molar refractivity (Wildman–Crippen MR) is 65.1 cm³/mol. The van der Waals surface area contributed by atoms with E-state index >= 15 is 0 Å². The van der Waals surface area contributed by atoms with E-state index in [0.29, 0.717) is 0 Å². The Hall–Kier alpha value is -0.0800. The van der Waals surface area contributed by atoms with Crippen LogP contribution in [0.1, 0.15) is 51.9 Å². The monoisotopic (exact) mass is 210 g/mol. The lowest BCUT2D eigenvalue weighted by molar-refractivity contribution is 0.167. The van der Waals surface area contributed by atoms with E-state index in [1.807, 2.05) is 0 Å². The molecule has 88 valence electrons. The highest BCUT2D eigenvalue weighted by molar-refractivity contribution is 4.88. The second kappa shape index (κ2) is 5.86. The van der Waals surface area contributed by atoms with E-state index in [9.17, 15) is 0 Å².